The molecule has 1 aromatic heterocycles. The first-order valence-electron chi connectivity index (χ1n) is 23.6. The lowest BCUT2D eigenvalue weighted by molar-refractivity contribution is -0.142. The van der Waals surface area contributed by atoms with Gasteiger partial charge in [0, 0.05) is 80.7 Å². The minimum atomic E-state index is -1.09. The molecule has 0 bridgehead atoms. The van der Waals surface area contributed by atoms with Crippen LogP contribution >= 0.6 is 11.3 Å². The fourth-order valence-corrected chi connectivity index (χ4v) is 9.97. The summed E-state index contributed by atoms with van der Waals surface area (Å²) in [6.07, 6.45) is 2.39. The Labute approximate surface area is 410 Å². The van der Waals surface area contributed by atoms with E-state index >= 15 is 0 Å². The highest BCUT2D eigenvalue weighted by molar-refractivity contribution is 7.13. The molecule has 70 heavy (non-hydrogen) atoms. The number of ether oxygens (including phenoxy) is 3. The fourth-order valence-electron chi connectivity index (χ4n) is 9.43. The van der Waals surface area contributed by atoms with Gasteiger partial charge in [0.05, 0.1) is 51.6 Å². The largest absolute Gasteiger partial charge is 0.382 e. The van der Waals surface area contributed by atoms with E-state index in [0.29, 0.717) is 114 Å². The van der Waals surface area contributed by atoms with Crippen LogP contribution in [-0.4, -0.2) is 133 Å². The number of nitrogens with one attached hydrogen (secondary N) is 3. The lowest BCUT2D eigenvalue weighted by Gasteiger charge is -2.39. The van der Waals surface area contributed by atoms with Gasteiger partial charge in [0.1, 0.15) is 11.6 Å². The van der Waals surface area contributed by atoms with Crippen LogP contribution in [0.15, 0.2) is 103 Å². The van der Waals surface area contributed by atoms with Crippen LogP contribution in [0.3, 0.4) is 0 Å². The zero-order valence-corrected chi connectivity index (χ0v) is 39.8. The van der Waals surface area contributed by atoms with Crippen molar-refractivity contribution in [2.24, 2.45) is 0 Å². The minimum Gasteiger partial charge on any atom is -0.382 e. The molecular formula is C52H56N8O9S. The molecule has 0 spiro atoms. The molecule has 2 fully saturated rings. The Hall–Kier alpha value is -6.99. The number of hydrogen-bond donors (Lipinski definition) is 3. The van der Waals surface area contributed by atoms with Crippen LogP contribution in [0.4, 0.5) is 16.5 Å². The van der Waals surface area contributed by atoms with Crippen molar-refractivity contribution in [1.29, 1.82) is 0 Å². The Morgan fingerprint density at radius 2 is 1.51 bits per heavy atom. The van der Waals surface area contributed by atoms with Crippen molar-refractivity contribution in [3.05, 3.63) is 130 Å². The van der Waals surface area contributed by atoms with Crippen molar-refractivity contribution in [3.8, 4) is 11.1 Å². The van der Waals surface area contributed by atoms with Gasteiger partial charge in [-0.15, -0.1) is 11.3 Å². The quantitative estimate of drug-likeness (QED) is 0.0657. The van der Waals surface area contributed by atoms with E-state index in [1.807, 2.05) is 71.6 Å². The van der Waals surface area contributed by atoms with Crippen LogP contribution in [0.5, 0.6) is 0 Å². The molecule has 17 nitrogen and oxygen atoms in total. The van der Waals surface area contributed by atoms with Crippen LogP contribution in [0, 0.1) is 0 Å². The summed E-state index contributed by atoms with van der Waals surface area (Å²) >= 11 is 1.33. The summed E-state index contributed by atoms with van der Waals surface area (Å²) in [6.45, 7) is 7.64. The zero-order valence-electron chi connectivity index (χ0n) is 39.0. The van der Waals surface area contributed by atoms with Crippen molar-refractivity contribution in [3.63, 3.8) is 0 Å². The lowest BCUT2D eigenvalue weighted by Crippen LogP contribution is -2.61. The highest BCUT2D eigenvalue weighted by atomic mass is 32.1. The van der Waals surface area contributed by atoms with Crippen LogP contribution in [-0.2, 0) is 46.5 Å². The van der Waals surface area contributed by atoms with Gasteiger partial charge in [-0.3, -0.25) is 39.4 Å². The third kappa shape index (κ3) is 10.6. The summed E-state index contributed by atoms with van der Waals surface area (Å²) in [5.74, 6) is -1.46. The normalized spacial score (nSPS) is 18.2. The van der Waals surface area contributed by atoms with Gasteiger partial charge >= 0.3 is 0 Å². The molecule has 0 aliphatic carbocycles. The predicted octanol–water partition coefficient (Wildman–Crippen LogP) is 5.50. The van der Waals surface area contributed by atoms with E-state index in [-0.39, 0.29) is 42.4 Å². The van der Waals surface area contributed by atoms with E-state index < -0.39 is 17.5 Å². The highest BCUT2D eigenvalue weighted by Crippen LogP contribution is 2.38. The first kappa shape index (κ1) is 48.1. The van der Waals surface area contributed by atoms with E-state index in [4.69, 9.17) is 14.2 Å². The number of hydrogen-bond acceptors (Lipinski definition) is 13. The number of imide groups is 1. The standard InChI is InChI=1S/C52H56N8O9S/c1-52(18-16-43(61)55-50(52)66)60-34-39-8-5-9-42(45(39)49(60)65)53-19-26-68-28-30-69-29-27-67-25-17-44(62)58-23-21-57(22-24-58)40-14-12-35(13-15-40)37-10-11-38-33-59(48(64)41(38)32-37)46(36-6-3-2-4-7-36)47(63)56-51-54-20-31-70-51/h2-15,20,31-32,46,53H,16-19,21-30,33-34H2,1H3,(H,54,56,63)(H,55,61,66). The fraction of sp³-hybridized carbons (Fsp3) is 0.365. The molecule has 4 aliphatic heterocycles. The first-order chi connectivity index (χ1) is 34.1. The summed E-state index contributed by atoms with van der Waals surface area (Å²) in [6, 6.07) is 28.3. The number of carbonyl (C=O) groups is 6. The molecule has 18 heteroatoms. The summed E-state index contributed by atoms with van der Waals surface area (Å²) < 4.78 is 17.0. The van der Waals surface area contributed by atoms with Crippen LogP contribution < -0.4 is 20.9 Å². The third-order valence-corrected chi connectivity index (χ3v) is 14.0. The number of rotatable bonds is 20. The Morgan fingerprint density at radius 3 is 2.24 bits per heavy atom. The molecule has 5 aromatic rings. The van der Waals surface area contributed by atoms with Gasteiger partial charge in [-0.05, 0) is 65.4 Å². The maximum Gasteiger partial charge on any atom is 0.257 e. The predicted molar refractivity (Wildman–Crippen MR) is 263 cm³/mol. The molecule has 0 radical (unpaired) electrons. The number of aromatic nitrogens is 1. The topological polar surface area (TPSA) is 192 Å². The number of nitrogens with zero attached hydrogens (tertiary/aromatic N) is 5. The monoisotopic (exact) mass is 968 g/mol. The van der Waals surface area contributed by atoms with E-state index in [9.17, 15) is 28.8 Å². The molecule has 5 heterocycles. The van der Waals surface area contributed by atoms with Crippen molar-refractivity contribution in [1.82, 2.24) is 25.0 Å². The SMILES string of the molecule is CC1(N2Cc3cccc(NCCOCCOCCOCCC(=O)N4CCN(c5ccc(-c6ccc7c(c6)C(=O)N(C(C(=O)Nc6nccs6)c6ccccc6)C7)cc5)CC4)c3C2=O)CCC(=O)NC1=O. The Bertz CT molecular complexity index is 2710. The molecule has 2 atom stereocenters. The number of fused-ring (bicyclic) bond motifs is 2. The molecule has 9 rings (SSSR count). The van der Waals surface area contributed by atoms with Crippen molar-refractivity contribution in [2.75, 3.05) is 87.9 Å². The van der Waals surface area contributed by atoms with Crippen LogP contribution in [0.1, 0.15) is 69.6 Å². The van der Waals surface area contributed by atoms with Crippen molar-refractivity contribution >= 4 is 63.3 Å². The maximum absolute atomic E-state index is 14.0. The Balaban J connectivity index is 0.643. The van der Waals surface area contributed by atoms with Crippen LogP contribution in [0.25, 0.3) is 11.1 Å². The highest BCUT2D eigenvalue weighted by Gasteiger charge is 2.49. The number of thiazole rings is 1. The summed E-state index contributed by atoms with van der Waals surface area (Å²) in [7, 11) is 0. The van der Waals surface area contributed by atoms with E-state index in [1.54, 1.807) is 28.3 Å². The van der Waals surface area contributed by atoms with Gasteiger partial charge < -0.3 is 39.1 Å². The molecule has 2 unspecified atom stereocenters. The van der Waals surface area contributed by atoms with Crippen molar-refractivity contribution in [2.45, 2.75) is 50.9 Å². The van der Waals surface area contributed by atoms with E-state index in [2.05, 4.69) is 50.1 Å². The van der Waals surface area contributed by atoms with Gasteiger partial charge in [-0.2, -0.15) is 0 Å². The van der Waals surface area contributed by atoms with Gasteiger partial charge in [0.25, 0.3) is 23.6 Å². The summed E-state index contributed by atoms with van der Waals surface area (Å²) in [4.78, 5) is 90.0. The number of amides is 6. The molecular weight excluding hydrogens is 913 g/mol. The molecule has 4 aliphatic rings. The van der Waals surface area contributed by atoms with Gasteiger partial charge in [-0.25, -0.2) is 4.98 Å². The van der Waals surface area contributed by atoms with Gasteiger partial charge in [-0.1, -0.05) is 66.7 Å². The number of anilines is 3. The van der Waals surface area contributed by atoms with Gasteiger partial charge in [0.15, 0.2) is 5.13 Å². The average Bonchev–Trinajstić information content (AvgIpc) is 4.11. The lowest BCUT2D eigenvalue weighted by atomic mass is 9.89. The number of carbonyl (C=O) groups excluding carboxylic acids is 6. The van der Waals surface area contributed by atoms with Gasteiger partial charge in [0.2, 0.25) is 11.8 Å². The minimum absolute atomic E-state index is 0.0589. The first-order valence-corrected chi connectivity index (χ1v) is 24.5. The third-order valence-electron chi connectivity index (χ3n) is 13.4. The number of benzene rings is 4. The number of piperazine rings is 1. The van der Waals surface area contributed by atoms with Crippen LogP contribution in [0.2, 0.25) is 0 Å². The molecule has 4 aromatic carbocycles. The smallest absolute Gasteiger partial charge is 0.257 e. The van der Waals surface area contributed by atoms with Crippen molar-refractivity contribution < 1.29 is 43.0 Å². The average molecular weight is 969 g/mol. The van der Waals surface area contributed by atoms with E-state index in [1.165, 1.54) is 11.3 Å². The maximum atomic E-state index is 14.0. The Kier molecular flexibility index (Phi) is 14.9. The molecule has 364 valence electrons. The Morgan fingerprint density at radius 1 is 0.786 bits per heavy atom. The molecule has 3 N–H and O–H groups in total. The second-order valence-electron chi connectivity index (χ2n) is 17.8. The molecule has 6 amide bonds. The van der Waals surface area contributed by atoms with E-state index in [0.717, 1.165) is 33.5 Å². The zero-order chi connectivity index (χ0) is 48.6. The second kappa shape index (κ2) is 21.8. The second-order valence-corrected chi connectivity index (χ2v) is 18.7. The number of piperidine rings is 1. The molecule has 0 saturated carbocycles. The molecule has 2 saturated heterocycles. The summed E-state index contributed by atoms with van der Waals surface area (Å²) in [5.41, 5.74) is 6.08. The summed E-state index contributed by atoms with van der Waals surface area (Å²) in [5, 5.41) is 10.8.